The van der Waals surface area contributed by atoms with Gasteiger partial charge in [0.05, 0.1) is 6.10 Å². The highest BCUT2D eigenvalue weighted by atomic mass is 16.3. The number of carbonyl (C=O) groups excluding carboxylic acids is 2. The van der Waals surface area contributed by atoms with Crippen molar-refractivity contribution < 1.29 is 14.7 Å². The zero-order chi connectivity index (χ0) is 15.7. The van der Waals surface area contributed by atoms with E-state index >= 15 is 0 Å². The normalized spacial score (nSPS) is 50.2. The third-order valence-electron chi connectivity index (χ3n) is 7.21. The number of rotatable bonds is 0. The number of Topliss-reactive ketones (excluding diaryl/α,β-unsaturated/α-hetero) is 1. The lowest BCUT2D eigenvalue weighted by Gasteiger charge is -2.57. The first-order chi connectivity index (χ1) is 10.4. The third-order valence-corrected chi connectivity index (χ3v) is 7.21. The van der Waals surface area contributed by atoms with E-state index in [1.807, 2.05) is 6.08 Å². The van der Waals surface area contributed by atoms with Gasteiger partial charge in [-0.15, -0.1) is 0 Å². The summed E-state index contributed by atoms with van der Waals surface area (Å²) in [5, 5.41) is 10.9. The molecular weight excluding hydrogens is 276 g/mol. The first-order valence-corrected chi connectivity index (χ1v) is 8.52. The van der Waals surface area contributed by atoms with E-state index < -0.39 is 6.10 Å². The summed E-state index contributed by atoms with van der Waals surface area (Å²) in [6, 6.07) is 0. The van der Waals surface area contributed by atoms with Crippen LogP contribution in [0.5, 0.6) is 0 Å². The fourth-order valence-electron chi connectivity index (χ4n) is 6.10. The van der Waals surface area contributed by atoms with Gasteiger partial charge in [0.25, 0.3) is 0 Å². The molecule has 0 radical (unpaired) electrons. The van der Waals surface area contributed by atoms with Gasteiger partial charge in [-0.2, -0.15) is 0 Å². The zero-order valence-corrected chi connectivity index (χ0v) is 13.3. The van der Waals surface area contributed by atoms with E-state index in [9.17, 15) is 14.7 Å². The second kappa shape index (κ2) is 4.41. The molecule has 3 fully saturated rings. The number of hydrogen-bond acceptors (Lipinski definition) is 3. The third kappa shape index (κ3) is 1.66. The van der Waals surface area contributed by atoms with E-state index in [0.29, 0.717) is 30.5 Å². The highest BCUT2D eigenvalue weighted by Gasteiger charge is 2.61. The molecule has 0 aliphatic heterocycles. The second-order valence-corrected chi connectivity index (χ2v) is 8.17. The maximum atomic E-state index is 12.4. The Labute approximate surface area is 131 Å². The molecule has 4 aliphatic rings. The fraction of sp³-hybridized carbons (Fsp3) is 0.684. The summed E-state index contributed by atoms with van der Waals surface area (Å²) in [6.07, 6.45) is 9.14. The molecule has 3 nitrogen and oxygen atoms in total. The van der Waals surface area contributed by atoms with Crippen molar-refractivity contribution in [3.8, 4) is 0 Å². The molecule has 0 aromatic carbocycles. The number of ketones is 2. The van der Waals surface area contributed by atoms with Crippen molar-refractivity contribution in [3.63, 3.8) is 0 Å². The maximum Gasteiger partial charge on any atom is 0.178 e. The molecule has 118 valence electrons. The predicted molar refractivity (Wildman–Crippen MR) is 83.0 cm³/mol. The summed E-state index contributed by atoms with van der Waals surface area (Å²) >= 11 is 0. The van der Waals surface area contributed by atoms with Crippen LogP contribution in [0.2, 0.25) is 0 Å². The van der Waals surface area contributed by atoms with E-state index in [1.54, 1.807) is 12.2 Å². The Morgan fingerprint density at radius 1 is 1.18 bits per heavy atom. The summed E-state index contributed by atoms with van der Waals surface area (Å²) in [4.78, 5) is 24.1. The van der Waals surface area contributed by atoms with Crippen LogP contribution in [0.1, 0.15) is 46.0 Å². The molecule has 0 spiro atoms. The lowest BCUT2D eigenvalue weighted by molar-refractivity contribution is -0.142. The molecule has 0 heterocycles. The Balaban J connectivity index is 1.77. The van der Waals surface area contributed by atoms with Gasteiger partial charge in [-0.05, 0) is 49.7 Å². The van der Waals surface area contributed by atoms with Crippen molar-refractivity contribution in [2.45, 2.75) is 52.1 Å². The van der Waals surface area contributed by atoms with E-state index in [1.165, 1.54) is 5.57 Å². The minimum absolute atomic E-state index is 0.0668. The SMILES string of the molecule is C[C@]12C=CC(=O)C=C1CC[C@@H]1C2C(O)C[C@]2(C)C(=O)CCC12. The molecule has 3 saturated carbocycles. The van der Waals surface area contributed by atoms with Gasteiger partial charge in [0.1, 0.15) is 5.78 Å². The highest BCUT2D eigenvalue weighted by Crippen LogP contribution is 2.63. The number of fused-ring (bicyclic) bond motifs is 5. The van der Waals surface area contributed by atoms with Crippen molar-refractivity contribution >= 4 is 11.6 Å². The van der Waals surface area contributed by atoms with Gasteiger partial charge in [-0.1, -0.05) is 25.5 Å². The molecule has 3 heteroatoms. The minimum Gasteiger partial charge on any atom is -0.393 e. The molecule has 4 aliphatic carbocycles. The molecule has 1 N–H and O–H groups in total. The van der Waals surface area contributed by atoms with Gasteiger partial charge >= 0.3 is 0 Å². The van der Waals surface area contributed by atoms with Crippen LogP contribution in [0.4, 0.5) is 0 Å². The Morgan fingerprint density at radius 2 is 1.95 bits per heavy atom. The van der Waals surface area contributed by atoms with Crippen molar-refractivity contribution in [1.82, 2.24) is 0 Å². The molecule has 0 aromatic heterocycles. The first kappa shape index (κ1) is 14.4. The first-order valence-electron chi connectivity index (χ1n) is 8.52. The summed E-state index contributed by atoms with van der Waals surface area (Å²) in [5.74, 6) is 1.34. The summed E-state index contributed by atoms with van der Waals surface area (Å²) in [5.41, 5.74) is 0.628. The van der Waals surface area contributed by atoms with Crippen LogP contribution in [0.25, 0.3) is 0 Å². The summed E-state index contributed by atoms with van der Waals surface area (Å²) < 4.78 is 0. The Kier molecular flexibility index (Phi) is 2.88. The molecular formula is C19H24O3. The Hall–Kier alpha value is -1.22. The molecule has 22 heavy (non-hydrogen) atoms. The van der Waals surface area contributed by atoms with E-state index in [-0.39, 0.29) is 22.5 Å². The quantitative estimate of drug-likeness (QED) is 0.748. The molecule has 4 rings (SSSR count). The monoisotopic (exact) mass is 300 g/mol. The predicted octanol–water partition coefficient (Wildman–Crippen LogP) is 2.83. The smallest absolute Gasteiger partial charge is 0.178 e. The average molecular weight is 300 g/mol. The van der Waals surface area contributed by atoms with E-state index in [0.717, 1.165) is 19.3 Å². The van der Waals surface area contributed by atoms with Crippen LogP contribution in [0.3, 0.4) is 0 Å². The van der Waals surface area contributed by atoms with E-state index in [4.69, 9.17) is 0 Å². The fourth-order valence-corrected chi connectivity index (χ4v) is 6.10. The Bertz CT molecular complexity index is 616. The largest absolute Gasteiger partial charge is 0.393 e. The topological polar surface area (TPSA) is 54.4 Å². The number of aliphatic hydroxyl groups is 1. The van der Waals surface area contributed by atoms with Crippen LogP contribution in [-0.2, 0) is 9.59 Å². The lowest BCUT2D eigenvalue weighted by Crippen LogP contribution is -2.55. The molecule has 0 saturated heterocycles. The lowest BCUT2D eigenvalue weighted by atomic mass is 9.47. The number of aliphatic hydroxyl groups excluding tert-OH is 1. The second-order valence-electron chi connectivity index (χ2n) is 8.17. The number of allylic oxidation sites excluding steroid dienone is 4. The van der Waals surface area contributed by atoms with Crippen LogP contribution in [0.15, 0.2) is 23.8 Å². The van der Waals surface area contributed by atoms with Crippen LogP contribution in [-0.4, -0.2) is 22.8 Å². The molecule has 0 amide bonds. The summed E-state index contributed by atoms with van der Waals surface area (Å²) in [6.45, 7) is 4.24. The molecule has 6 atom stereocenters. The van der Waals surface area contributed by atoms with Crippen molar-refractivity contribution in [2.24, 2.45) is 28.6 Å². The van der Waals surface area contributed by atoms with Crippen molar-refractivity contribution in [1.29, 1.82) is 0 Å². The van der Waals surface area contributed by atoms with Gasteiger partial charge in [-0.3, -0.25) is 9.59 Å². The molecule has 0 aromatic rings. The number of hydrogen-bond donors (Lipinski definition) is 1. The van der Waals surface area contributed by atoms with Gasteiger partial charge in [0, 0.05) is 23.2 Å². The maximum absolute atomic E-state index is 12.4. The Morgan fingerprint density at radius 3 is 2.73 bits per heavy atom. The minimum atomic E-state index is -0.458. The molecule has 0 bridgehead atoms. The average Bonchev–Trinajstić information content (AvgIpc) is 2.75. The molecule has 3 unspecified atom stereocenters. The van der Waals surface area contributed by atoms with Crippen molar-refractivity contribution in [2.75, 3.05) is 0 Å². The van der Waals surface area contributed by atoms with Crippen LogP contribution >= 0.6 is 0 Å². The standard InChI is InChI=1S/C19H24O3/c1-18-8-7-12(20)9-11(18)3-4-13-14-5-6-16(22)19(14,2)10-15(21)17(13)18/h7-9,13-15,17,21H,3-6,10H2,1-2H3/t13-,14?,15?,17?,18-,19-/m0/s1. The van der Waals surface area contributed by atoms with Crippen LogP contribution in [0, 0.1) is 28.6 Å². The van der Waals surface area contributed by atoms with E-state index in [2.05, 4.69) is 13.8 Å². The summed E-state index contributed by atoms with van der Waals surface area (Å²) in [7, 11) is 0. The van der Waals surface area contributed by atoms with Gasteiger partial charge < -0.3 is 5.11 Å². The van der Waals surface area contributed by atoms with Gasteiger partial charge in [-0.25, -0.2) is 0 Å². The van der Waals surface area contributed by atoms with Gasteiger partial charge in [0.15, 0.2) is 5.78 Å². The zero-order valence-electron chi connectivity index (χ0n) is 13.3. The van der Waals surface area contributed by atoms with Gasteiger partial charge in [0.2, 0.25) is 0 Å². The number of carbonyl (C=O) groups is 2. The van der Waals surface area contributed by atoms with Crippen molar-refractivity contribution in [3.05, 3.63) is 23.8 Å². The highest BCUT2D eigenvalue weighted by molar-refractivity contribution is 6.01. The van der Waals surface area contributed by atoms with Crippen LogP contribution < -0.4 is 0 Å².